The zero-order valence-corrected chi connectivity index (χ0v) is 13.5. The molecule has 0 rings (SSSR count). The third kappa shape index (κ3) is 121. The van der Waals surface area contributed by atoms with Gasteiger partial charge in [0.15, 0.2) is 0 Å². The summed E-state index contributed by atoms with van der Waals surface area (Å²) in [5, 5.41) is 0. The SMILES string of the molecule is O.O.O.O.[Br][Ta]([Br])([Br])[Br]. The molecule has 8 N–H and O–H groups in total. The van der Waals surface area contributed by atoms with Crippen LogP contribution < -0.4 is 0 Å². The maximum atomic E-state index is 3.34. The number of hydrogen-bond acceptors (Lipinski definition) is 0. The van der Waals surface area contributed by atoms with Crippen LogP contribution in [0.2, 0.25) is 0 Å². The normalized spacial score (nSPS) is 6.67. The Balaban J connectivity index is -0.0000000133. The van der Waals surface area contributed by atoms with Crippen LogP contribution in [0.15, 0.2) is 0 Å². The van der Waals surface area contributed by atoms with Gasteiger partial charge in [0.1, 0.15) is 0 Å². The topological polar surface area (TPSA) is 126 Å². The molecule has 0 aromatic heterocycles. The van der Waals surface area contributed by atoms with Crippen LogP contribution in [-0.4, -0.2) is 21.9 Å². The second kappa shape index (κ2) is 13.1. The van der Waals surface area contributed by atoms with Crippen molar-refractivity contribution in [2.45, 2.75) is 0 Å². The van der Waals surface area contributed by atoms with Crippen LogP contribution in [0.4, 0.5) is 0 Å². The first-order valence-electron chi connectivity index (χ1n) is 0.676. The van der Waals surface area contributed by atoms with E-state index in [1.54, 1.807) is 0 Å². The maximum absolute atomic E-state index is 3.34. The van der Waals surface area contributed by atoms with Gasteiger partial charge >= 0.3 is 60.7 Å². The van der Waals surface area contributed by atoms with E-state index in [0.717, 1.165) is 0 Å². The summed E-state index contributed by atoms with van der Waals surface area (Å²) in [6.07, 6.45) is 0. The summed E-state index contributed by atoms with van der Waals surface area (Å²) in [6, 6.07) is 0. The molecule has 0 aliphatic heterocycles. The first kappa shape index (κ1) is 30.0. The summed E-state index contributed by atoms with van der Waals surface area (Å²) in [5.74, 6) is 0. The van der Waals surface area contributed by atoms with E-state index in [1.807, 2.05) is 0 Å². The fourth-order valence-corrected chi connectivity index (χ4v) is 0. The van der Waals surface area contributed by atoms with Gasteiger partial charge < -0.3 is 21.9 Å². The quantitative estimate of drug-likeness (QED) is 0.390. The molecule has 0 saturated carbocycles. The van der Waals surface area contributed by atoms with E-state index >= 15 is 0 Å². The molecule has 0 saturated heterocycles. The second-order valence-electron chi connectivity index (χ2n) is 0.383. The van der Waals surface area contributed by atoms with Crippen molar-refractivity contribution in [1.82, 2.24) is 0 Å². The van der Waals surface area contributed by atoms with E-state index in [-0.39, 0.29) is 21.9 Å². The molecule has 0 unspecified atom stereocenters. The standard InChI is InChI=1S/4BrH.4H2O.Ta/h4*1H;4*1H2;/q;;;;;;;;+4/p-4. The minimum atomic E-state index is -1.97. The van der Waals surface area contributed by atoms with Crippen molar-refractivity contribution in [3.63, 3.8) is 0 Å². The predicted octanol–water partition coefficient (Wildman–Crippen LogP) is 0.0811. The first-order valence-corrected chi connectivity index (χ1v) is 28.8. The predicted molar refractivity (Wildman–Crippen MR) is 50.2 cm³/mol. The Labute approximate surface area is 81.4 Å². The summed E-state index contributed by atoms with van der Waals surface area (Å²) in [6.45, 7) is 0. The Morgan fingerprint density at radius 2 is 0.556 bits per heavy atom. The molecule has 0 spiro atoms. The Morgan fingerprint density at radius 3 is 0.556 bits per heavy atom. The average Bonchev–Trinajstić information content (AvgIpc) is 0.722. The summed E-state index contributed by atoms with van der Waals surface area (Å²) >= 11 is 13.4. The molecule has 0 aliphatic carbocycles. The van der Waals surface area contributed by atoms with Crippen LogP contribution in [0.5, 0.6) is 0 Å². The Bertz CT molecular complexity index is 28.0. The third-order valence-corrected chi connectivity index (χ3v) is 0. The average molecular weight is 573 g/mol. The summed E-state index contributed by atoms with van der Waals surface area (Å²) < 4.78 is 0. The van der Waals surface area contributed by atoms with Crippen molar-refractivity contribution in [2.75, 3.05) is 0 Å². The Kier molecular flexibility index (Phi) is 43.7. The van der Waals surface area contributed by atoms with E-state index < -0.39 is 8.59 Å². The van der Waals surface area contributed by atoms with Gasteiger partial charge in [0.2, 0.25) is 0 Å². The van der Waals surface area contributed by atoms with Crippen LogP contribution in [0, 0.1) is 0 Å². The molecule has 4 nitrogen and oxygen atoms in total. The van der Waals surface area contributed by atoms with Crippen molar-refractivity contribution in [2.24, 2.45) is 0 Å². The van der Waals surface area contributed by atoms with Gasteiger partial charge in [-0.3, -0.25) is 0 Å². The van der Waals surface area contributed by atoms with Crippen molar-refractivity contribution >= 4 is 52.1 Å². The molecular weight excluding hydrogens is 565 g/mol. The molecule has 0 radical (unpaired) electrons. The minimum absolute atomic E-state index is 0. The molecule has 0 bridgehead atoms. The van der Waals surface area contributed by atoms with Crippen molar-refractivity contribution in [3.8, 4) is 0 Å². The number of hydrogen-bond donors (Lipinski definition) is 0. The zero-order chi connectivity index (χ0) is 4.50. The molecule has 0 aromatic carbocycles. The molecular formula is H8Br4O4Ta. The van der Waals surface area contributed by atoms with Crippen molar-refractivity contribution in [3.05, 3.63) is 0 Å². The molecule has 0 atom stereocenters. The van der Waals surface area contributed by atoms with Gasteiger partial charge in [-0.25, -0.2) is 0 Å². The van der Waals surface area contributed by atoms with Gasteiger partial charge in [0.25, 0.3) is 0 Å². The van der Waals surface area contributed by atoms with Crippen LogP contribution in [0.1, 0.15) is 0 Å². The molecule has 9 heteroatoms. The molecule has 0 aromatic rings. The van der Waals surface area contributed by atoms with E-state index in [0.29, 0.717) is 0 Å². The third-order valence-electron chi connectivity index (χ3n) is 0. The van der Waals surface area contributed by atoms with Crippen molar-refractivity contribution < 1.29 is 30.5 Å². The molecule has 65 valence electrons. The first-order chi connectivity index (χ1) is 2.00. The van der Waals surface area contributed by atoms with Gasteiger partial charge in [-0.1, -0.05) is 0 Å². The fraction of sp³-hybridized carbons (Fsp3) is 0. The van der Waals surface area contributed by atoms with Crippen LogP contribution >= 0.6 is 52.1 Å². The van der Waals surface area contributed by atoms with E-state index in [9.17, 15) is 0 Å². The Morgan fingerprint density at radius 1 is 0.556 bits per heavy atom. The second-order valence-corrected chi connectivity index (χ2v) is 84.7. The Hall–Kier alpha value is 2.50. The van der Waals surface area contributed by atoms with Crippen LogP contribution in [-0.2, 0) is 8.59 Å². The van der Waals surface area contributed by atoms with Gasteiger partial charge in [0.05, 0.1) is 0 Å². The summed E-state index contributed by atoms with van der Waals surface area (Å²) in [7, 11) is -1.97. The van der Waals surface area contributed by atoms with Gasteiger partial charge in [0, 0.05) is 0 Å². The van der Waals surface area contributed by atoms with E-state index in [1.165, 1.54) is 0 Å². The monoisotopic (exact) mass is 569 g/mol. The number of rotatable bonds is 0. The van der Waals surface area contributed by atoms with E-state index in [4.69, 9.17) is 0 Å². The van der Waals surface area contributed by atoms with Gasteiger partial charge in [-0.05, 0) is 0 Å². The van der Waals surface area contributed by atoms with Gasteiger partial charge in [-0.15, -0.1) is 0 Å². The van der Waals surface area contributed by atoms with Crippen LogP contribution in [0.3, 0.4) is 0 Å². The van der Waals surface area contributed by atoms with E-state index in [2.05, 4.69) is 52.1 Å². The summed E-state index contributed by atoms with van der Waals surface area (Å²) in [4.78, 5) is 0. The van der Waals surface area contributed by atoms with Crippen molar-refractivity contribution in [1.29, 1.82) is 0 Å². The molecule has 0 heterocycles. The number of halogens is 4. The summed E-state index contributed by atoms with van der Waals surface area (Å²) in [5.41, 5.74) is 0. The molecule has 0 aliphatic rings. The zero-order valence-electron chi connectivity index (χ0n) is 3.96. The molecule has 0 amide bonds. The molecule has 0 fully saturated rings. The molecule has 9 heavy (non-hydrogen) atoms. The fourth-order valence-electron chi connectivity index (χ4n) is 0. The van der Waals surface area contributed by atoms with Gasteiger partial charge in [-0.2, -0.15) is 0 Å². The van der Waals surface area contributed by atoms with Crippen LogP contribution in [0.25, 0.3) is 0 Å².